The minimum Gasteiger partial charge on any atom is -0.334 e. The van der Waals surface area contributed by atoms with E-state index in [1.807, 2.05) is 13.4 Å². The molecule has 0 radical (unpaired) electrons. The summed E-state index contributed by atoms with van der Waals surface area (Å²) in [5.41, 5.74) is 3.60. The predicted molar refractivity (Wildman–Crippen MR) is 62.8 cm³/mol. The first-order chi connectivity index (χ1) is 7.11. The van der Waals surface area contributed by atoms with Crippen LogP contribution >= 0.6 is 0 Å². The maximum atomic E-state index is 4.46. The lowest BCUT2D eigenvalue weighted by molar-refractivity contribution is 0.322. The van der Waals surface area contributed by atoms with Crippen LogP contribution in [0.2, 0.25) is 0 Å². The van der Waals surface area contributed by atoms with Gasteiger partial charge >= 0.3 is 0 Å². The third kappa shape index (κ3) is 1.63. The first-order valence-electron chi connectivity index (χ1n) is 5.17. The summed E-state index contributed by atoms with van der Waals surface area (Å²) in [6.45, 7) is 2.20. The van der Waals surface area contributed by atoms with Gasteiger partial charge in [-0.3, -0.25) is 0 Å². The highest BCUT2D eigenvalue weighted by Crippen LogP contribution is 2.25. The second-order valence-corrected chi connectivity index (χ2v) is 4.21. The summed E-state index contributed by atoms with van der Waals surface area (Å²) in [4.78, 5) is 6.66. The molecule has 15 heavy (non-hydrogen) atoms. The highest BCUT2D eigenvalue weighted by molar-refractivity contribution is 5.79. The highest BCUT2D eigenvalue weighted by Gasteiger charge is 2.13. The Morgan fingerprint density at radius 1 is 1.33 bits per heavy atom. The number of benzene rings is 1. The van der Waals surface area contributed by atoms with E-state index in [1.54, 1.807) is 0 Å². The average molecular weight is 203 g/mol. The predicted octanol–water partition coefficient (Wildman–Crippen LogP) is 2.20. The van der Waals surface area contributed by atoms with E-state index in [4.69, 9.17) is 0 Å². The largest absolute Gasteiger partial charge is 0.334 e. The van der Waals surface area contributed by atoms with Crippen molar-refractivity contribution in [1.82, 2.24) is 14.5 Å². The lowest BCUT2D eigenvalue weighted by Crippen LogP contribution is -2.17. The smallest absolute Gasteiger partial charge is 0.0955 e. The summed E-state index contributed by atoms with van der Waals surface area (Å²) in [5.74, 6) is 0. The minimum absolute atomic E-state index is 0.392. The summed E-state index contributed by atoms with van der Waals surface area (Å²) < 4.78 is 2.06. The Labute approximate surface area is 90.3 Å². The standard InChI is InChI=1S/C12H17N3/c1-9(14(2)3)10-6-5-7-11-12(10)13-8-15(11)4/h5-9H,1-4H3. The van der Waals surface area contributed by atoms with Gasteiger partial charge in [0.05, 0.1) is 17.4 Å². The summed E-state index contributed by atoms with van der Waals surface area (Å²) in [6, 6.07) is 6.75. The van der Waals surface area contributed by atoms with Gasteiger partial charge in [0.25, 0.3) is 0 Å². The summed E-state index contributed by atoms with van der Waals surface area (Å²) in [7, 11) is 6.21. The molecule has 80 valence electrons. The normalized spacial score (nSPS) is 13.7. The van der Waals surface area contributed by atoms with Gasteiger partial charge in [0.2, 0.25) is 0 Å². The Morgan fingerprint density at radius 3 is 2.73 bits per heavy atom. The fraction of sp³-hybridized carbons (Fsp3) is 0.417. The molecule has 0 saturated carbocycles. The van der Waals surface area contributed by atoms with Crippen LogP contribution in [-0.4, -0.2) is 28.5 Å². The summed E-state index contributed by atoms with van der Waals surface area (Å²) in [6.07, 6.45) is 1.87. The van der Waals surface area contributed by atoms with Crippen molar-refractivity contribution in [3.8, 4) is 0 Å². The zero-order valence-electron chi connectivity index (χ0n) is 9.73. The molecule has 0 bridgehead atoms. The van der Waals surface area contributed by atoms with Crippen LogP contribution in [0.5, 0.6) is 0 Å². The van der Waals surface area contributed by atoms with E-state index in [1.165, 1.54) is 11.1 Å². The van der Waals surface area contributed by atoms with Gasteiger partial charge in [-0.2, -0.15) is 0 Å². The second-order valence-electron chi connectivity index (χ2n) is 4.21. The number of fused-ring (bicyclic) bond motifs is 1. The Balaban J connectivity index is 2.61. The molecule has 0 N–H and O–H groups in total. The fourth-order valence-corrected chi connectivity index (χ4v) is 1.80. The fourth-order valence-electron chi connectivity index (χ4n) is 1.80. The Hall–Kier alpha value is -1.35. The molecule has 3 heteroatoms. The van der Waals surface area contributed by atoms with Crippen LogP contribution < -0.4 is 0 Å². The van der Waals surface area contributed by atoms with Gasteiger partial charge in [0.1, 0.15) is 0 Å². The second kappa shape index (κ2) is 3.66. The molecule has 0 saturated heterocycles. The number of aromatic nitrogens is 2. The number of nitrogens with zero attached hydrogens (tertiary/aromatic N) is 3. The Bertz CT molecular complexity index is 471. The van der Waals surface area contributed by atoms with E-state index in [2.05, 4.69) is 53.7 Å². The number of para-hydroxylation sites is 1. The van der Waals surface area contributed by atoms with E-state index in [-0.39, 0.29) is 0 Å². The van der Waals surface area contributed by atoms with Crippen LogP contribution in [0, 0.1) is 0 Å². The zero-order chi connectivity index (χ0) is 11.0. The van der Waals surface area contributed by atoms with Gasteiger partial charge < -0.3 is 9.47 Å². The molecular formula is C12H17N3. The first kappa shape index (κ1) is 10.2. The molecule has 2 aromatic rings. The summed E-state index contributed by atoms with van der Waals surface area (Å²) >= 11 is 0. The molecule has 0 aliphatic rings. The van der Waals surface area contributed by atoms with E-state index >= 15 is 0 Å². The number of hydrogen-bond acceptors (Lipinski definition) is 2. The Morgan fingerprint density at radius 2 is 2.07 bits per heavy atom. The number of hydrogen-bond donors (Lipinski definition) is 0. The van der Waals surface area contributed by atoms with Crippen molar-refractivity contribution in [2.24, 2.45) is 7.05 Å². The average Bonchev–Trinajstić information content (AvgIpc) is 2.59. The molecule has 0 amide bonds. The van der Waals surface area contributed by atoms with Gasteiger partial charge in [-0.1, -0.05) is 12.1 Å². The monoisotopic (exact) mass is 203 g/mol. The number of aryl methyl sites for hydroxylation is 1. The molecule has 1 aromatic heterocycles. The summed E-state index contributed by atoms with van der Waals surface area (Å²) in [5, 5.41) is 0. The van der Waals surface area contributed by atoms with Crippen molar-refractivity contribution in [1.29, 1.82) is 0 Å². The van der Waals surface area contributed by atoms with Crippen molar-refractivity contribution in [3.63, 3.8) is 0 Å². The molecule has 3 nitrogen and oxygen atoms in total. The van der Waals surface area contributed by atoms with Crippen molar-refractivity contribution in [2.75, 3.05) is 14.1 Å². The third-order valence-corrected chi connectivity index (χ3v) is 3.01. The number of imidazole rings is 1. The van der Waals surface area contributed by atoms with Crippen LogP contribution in [0.1, 0.15) is 18.5 Å². The first-order valence-corrected chi connectivity index (χ1v) is 5.17. The molecule has 1 unspecified atom stereocenters. The SMILES string of the molecule is CC(c1cccc2c1ncn2C)N(C)C. The maximum absolute atomic E-state index is 4.46. The van der Waals surface area contributed by atoms with Crippen molar-refractivity contribution < 1.29 is 0 Å². The van der Waals surface area contributed by atoms with E-state index in [0.29, 0.717) is 6.04 Å². The van der Waals surface area contributed by atoms with E-state index in [9.17, 15) is 0 Å². The minimum atomic E-state index is 0.392. The van der Waals surface area contributed by atoms with Crippen LogP contribution in [0.15, 0.2) is 24.5 Å². The number of rotatable bonds is 2. The van der Waals surface area contributed by atoms with E-state index < -0.39 is 0 Å². The van der Waals surface area contributed by atoms with Crippen molar-refractivity contribution >= 4 is 11.0 Å². The molecule has 1 heterocycles. The molecule has 0 aliphatic heterocycles. The van der Waals surface area contributed by atoms with Crippen molar-refractivity contribution in [2.45, 2.75) is 13.0 Å². The van der Waals surface area contributed by atoms with Crippen LogP contribution in [0.3, 0.4) is 0 Å². The van der Waals surface area contributed by atoms with Crippen LogP contribution in [0.4, 0.5) is 0 Å². The lowest BCUT2D eigenvalue weighted by atomic mass is 10.1. The van der Waals surface area contributed by atoms with Crippen molar-refractivity contribution in [3.05, 3.63) is 30.1 Å². The molecule has 0 aliphatic carbocycles. The molecule has 0 fully saturated rings. The van der Waals surface area contributed by atoms with E-state index in [0.717, 1.165) is 5.52 Å². The Kier molecular flexibility index (Phi) is 2.49. The van der Waals surface area contributed by atoms with Gasteiger partial charge in [-0.05, 0) is 32.6 Å². The van der Waals surface area contributed by atoms with Crippen LogP contribution in [-0.2, 0) is 7.05 Å². The van der Waals surface area contributed by atoms with Gasteiger partial charge in [-0.15, -0.1) is 0 Å². The highest BCUT2D eigenvalue weighted by atomic mass is 15.1. The molecule has 1 atom stereocenters. The van der Waals surface area contributed by atoms with Gasteiger partial charge in [0, 0.05) is 13.1 Å². The molecular weight excluding hydrogens is 186 g/mol. The third-order valence-electron chi connectivity index (χ3n) is 3.01. The maximum Gasteiger partial charge on any atom is 0.0955 e. The molecule has 2 rings (SSSR count). The quantitative estimate of drug-likeness (QED) is 0.746. The zero-order valence-corrected chi connectivity index (χ0v) is 9.73. The molecule has 1 aromatic carbocycles. The van der Waals surface area contributed by atoms with Crippen LogP contribution in [0.25, 0.3) is 11.0 Å². The lowest BCUT2D eigenvalue weighted by Gasteiger charge is -2.20. The van der Waals surface area contributed by atoms with Gasteiger partial charge in [-0.25, -0.2) is 4.98 Å². The van der Waals surface area contributed by atoms with Gasteiger partial charge in [0.15, 0.2) is 0 Å². The molecule has 0 spiro atoms. The topological polar surface area (TPSA) is 21.1 Å².